The Hall–Kier alpha value is -0.620. The summed E-state index contributed by atoms with van der Waals surface area (Å²) in [6, 6.07) is 7.47. The van der Waals surface area contributed by atoms with E-state index in [1.807, 2.05) is 12.1 Å². The molecule has 0 aliphatic carbocycles. The number of benzene rings is 1. The van der Waals surface area contributed by atoms with Crippen molar-refractivity contribution < 1.29 is 8.42 Å². The molecule has 1 aromatic carbocycles. The summed E-state index contributed by atoms with van der Waals surface area (Å²) >= 11 is 0. The van der Waals surface area contributed by atoms with Crippen LogP contribution in [0.15, 0.2) is 29.2 Å². The summed E-state index contributed by atoms with van der Waals surface area (Å²) in [5, 5.41) is 3.28. The molecule has 0 saturated carbocycles. The van der Waals surface area contributed by atoms with Gasteiger partial charge in [0.25, 0.3) is 0 Å². The lowest BCUT2D eigenvalue weighted by Crippen LogP contribution is -2.37. The Morgan fingerprint density at radius 1 is 1.29 bits per heavy atom. The number of hydrogen-bond donors (Lipinski definition) is 2. The van der Waals surface area contributed by atoms with Gasteiger partial charge in [-0.15, -0.1) is 12.4 Å². The van der Waals surface area contributed by atoms with Gasteiger partial charge < -0.3 is 5.32 Å². The van der Waals surface area contributed by atoms with Gasteiger partial charge in [-0.2, -0.15) is 0 Å². The van der Waals surface area contributed by atoms with E-state index < -0.39 is 10.0 Å². The minimum Gasteiger partial charge on any atom is -0.313 e. The highest BCUT2D eigenvalue weighted by molar-refractivity contribution is 7.89. The molecule has 1 aliphatic rings. The van der Waals surface area contributed by atoms with Gasteiger partial charge in [0.05, 0.1) is 4.90 Å². The van der Waals surface area contributed by atoms with Gasteiger partial charge in [0.2, 0.25) is 10.0 Å². The molecule has 1 saturated heterocycles. The summed E-state index contributed by atoms with van der Waals surface area (Å²) in [5.74, 6) is 0.573. The lowest BCUT2D eigenvalue weighted by molar-refractivity contribution is 0.551. The monoisotopic (exact) mass is 332 g/mol. The highest BCUT2D eigenvalue weighted by atomic mass is 35.5. The van der Waals surface area contributed by atoms with Gasteiger partial charge >= 0.3 is 0 Å². The standard InChI is InChI=1S/C15H24N2O2S.ClH/c1-12(2)10-13-5-7-15(8-6-13)20(18,19)17-11-14-4-3-9-16-14;/h5-8,12,14,16-17H,3-4,9-11H2,1-2H3;1H. The lowest BCUT2D eigenvalue weighted by atomic mass is 10.0. The Morgan fingerprint density at radius 3 is 2.48 bits per heavy atom. The summed E-state index contributed by atoms with van der Waals surface area (Å²) in [7, 11) is -3.38. The molecule has 0 bridgehead atoms. The van der Waals surface area contributed by atoms with Crippen molar-refractivity contribution in [3.05, 3.63) is 29.8 Å². The Morgan fingerprint density at radius 2 is 1.95 bits per heavy atom. The second-order valence-corrected chi connectivity index (χ2v) is 7.65. The van der Waals surface area contributed by atoms with E-state index in [0.717, 1.165) is 25.8 Å². The van der Waals surface area contributed by atoms with E-state index in [0.29, 0.717) is 17.4 Å². The van der Waals surface area contributed by atoms with Crippen molar-refractivity contribution in [1.29, 1.82) is 0 Å². The third-order valence-electron chi connectivity index (χ3n) is 3.56. The Kier molecular flexibility index (Phi) is 7.13. The Labute approximate surface area is 134 Å². The zero-order valence-electron chi connectivity index (χ0n) is 12.6. The first-order chi connectivity index (χ1) is 9.47. The van der Waals surface area contributed by atoms with Crippen LogP contribution in [-0.2, 0) is 16.4 Å². The van der Waals surface area contributed by atoms with Gasteiger partial charge in [-0.3, -0.25) is 0 Å². The van der Waals surface area contributed by atoms with Gasteiger partial charge in [0.1, 0.15) is 0 Å². The normalized spacial score (nSPS) is 18.7. The molecule has 1 atom stereocenters. The molecule has 1 unspecified atom stereocenters. The second-order valence-electron chi connectivity index (χ2n) is 5.89. The third kappa shape index (κ3) is 5.58. The minimum absolute atomic E-state index is 0. The van der Waals surface area contributed by atoms with Crippen LogP contribution in [0.5, 0.6) is 0 Å². The van der Waals surface area contributed by atoms with Gasteiger partial charge in [-0.05, 0) is 49.4 Å². The fourth-order valence-electron chi connectivity index (χ4n) is 2.50. The van der Waals surface area contributed by atoms with Crippen LogP contribution in [0.3, 0.4) is 0 Å². The number of nitrogens with one attached hydrogen (secondary N) is 2. The molecular formula is C15H25ClN2O2S. The van der Waals surface area contributed by atoms with Gasteiger partial charge in [-0.25, -0.2) is 13.1 Å². The highest BCUT2D eigenvalue weighted by Crippen LogP contribution is 2.14. The van der Waals surface area contributed by atoms with Crippen LogP contribution in [-0.4, -0.2) is 27.5 Å². The molecule has 2 rings (SSSR count). The fourth-order valence-corrected chi connectivity index (χ4v) is 3.58. The van der Waals surface area contributed by atoms with Crippen molar-refractivity contribution in [3.8, 4) is 0 Å². The quantitative estimate of drug-likeness (QED) is 0.840. The van der Waals surface area contributed by atoms with E-state index in [4.69, 9.17) is 0 Å². The second kappa shape index (κ2) is 8.13. The van der Waals surface area contributed by atoms with Crippen LogP contribution in [0.25, 0.3) is 0 Å². The third-order valence-corrected chi connectivity index (χ3v) is 5.00. The van der Waals surface area contributed by atoms with E-state index >= 15 is 0 Å². The Balaban J connectivity index is 0.00000220. The molecule has 120 valence electrons. The van der Waals surface area contributed by atoms with Crippen molar-refractivity contribution in [2.45, 2.75) is 44.0 Å². The van der Waals surface area contributed by atoms with Gasteiger partial charge in [0.15, 0.2) is 0 Å². The summed E-state index contributed by atoms with van der Waals surface area (Å²) in [4.78, 5) is 0.350. The van der Waals surface area contributed by atoms with E-state index in [2.05, 4.69) is 23.9 Å². The SMILES string of the molecule is CC(C)Cc1ccc(S(=O)(=O)NCC2CCCN2)cc1.Cl. The molecule has 4 nitrogen and oxygen atoms in total. The first-order valence-corrected chi connectivity index (χ1v) is 8.77. The molecule has 1 aromatic rings. The highest BCUT2D eigenvalue weighted by Gasteiger charge is 2.19. The molecule has 6 heteroatoms. The molecule has 1 aliphatic heterocycles. The predicted octanol–water partition coefficient (Wildman–Crippen LogP) is 2.34. The minimum atomic E-state index is -3.38. The van der Waals surface area contributed by atoms with Crippen molar-refractivity contribution in [3.63, 3.8) is 0 Å². The van der Waals surface area contributed by atoms with Crippen LogP contribution in [0, 0.1) is 5.92 Å². The molecular weight excluding hydrogens is 308 g/mol. The zero-order chi connectivity index (χ0) is 14.6. The average Bonchev–Trinajstić information content (AvgIpc) is 2.89. The predicted molar refractivity (Wildman–Crippen MR) is 88.4 cm³/mol. The van der Waals surface area contributed by atoms with Crippen molar-refractivity contribution in [2.24, 2.45) is 5.92 Å². The zero-order valence-corrected chi connectivity index (χ0v) is 14.3. The van der Waals surface area contributed by atoms with E-state index in [1.165, 1.54) is 5.56 Å². The number of sulfonamides is 1. The van der Waals surface area contributed by atoms with Crippen molar-refractivity contribution >= 4 is 22.4 Å². The van der Waals surface area contributed by atoms with E-state index in [-0.39, 0.29) is 18.4 Å². The number of rotatable bonds is 6. The van der Waals surface area contributed by atoms with Crippen molar-refractivity contribution in [1.82, 2.24) is 10.0 Å². The number of halogens is 1. The fraction of sp³-hybridized carbons (Fsp3) is 0.600. The number of hydrogen-bond acceptors (Lipinski definition) is 3. The molecule has 0 spiro atoms. The molecule has 21 heavy (non-hydrogen) atoms. The van der Waals surface area contributed by atoms with Gasteiger partial charge in [0, 0.05) is 12.6 Å². The maximum absolute atomic E-state index is 12.2. The Bertz CT molecular complexity index is 523. The van der Waals surface area contributed by atoms with Crippen molar-refractivity contribution in [2.75, 3.05) is 13.1 Å². The topological polar surface area (TPSA) is 58.2 Å². The van der Waals surface area contributed by atoms with Crippen LogP contribution < -0.4 is 10.0 Å². The molecule has 2 N–H and O–H groups in total. The lowest BCUT2D eigenvalue weighted by Gasteiger charge is -2.12. The summed E-state index contributed by atoms with van der Waals surface area (Å²) in [6.07, 6.45) is 3.13. The largest absolute Gasteiger partial charge is 0.313 e. The smallest absolute Gasteiger partial charge is 0.240 e. The maximum Gasteiger partial charge on any atom is 0.240 e. The first-order valence-electron chi connectivity index (χ1n) is 7.29. The van der Waals surface area contributed by atoms with E-state index in [9.17, 15) is 8.42 Å². The average molecular weight is 333 g/mol. The molecule has 1 fully saturated rings. The van der Waals surface area contributed by atoms with E-state index in [1.54, 1.807) is 12.1 Å². The first kappa shape index (κ1) is 18.4. The molecule has 0 aromatic heterocycles. The van der Waals surface area contributed by atoms with Crippen LogP contribution in [0.1, 0.15) is 32.3 Å². The summed E-state index contributed by atoms with van der Waals surface area (Å²) in [6.45, 7) is 5.76. The van der Waals surface area contributed by atoms with Crippen LogP contribution in [0.4, 0.5) is 0 Å². The summed E-state index contributed by atoms with van der Waals surface area (Å²) in [5.41, 5.74) is 1.18. The molecule has 1 heterocycles. The van der Waals surface area contributed by atoms with Crippen LogP contribution in [0.2, 0.25) is 0 Å². The van der Waals surface area contributed by atoms with Gasteiger partial charge in [-0.1, -0.05) is 26.0 Å². The maximum atomic E-state index is 12.2. The summed E-state index contributed by atoms with van der Waals surface area (Å²) < 4.78 is 27.1. The molecule has 0 amide bonds. The van der Waals surface area contributed by atoms with Crippen LogP contribution >= 0.6 is 12.4 Å². The molecule has 0 radical (unpaired) electrons.